The van der Waals surface area contributed by atoms with Crippen molar-refractivity contribution < 1.29 is 5.11 Å². The molecule has 1 unspecified atom stereocenters. The number of hydrogen-bond donors (Lipinski definition) is 2. The van der Waals surface area contributed by atoms with Crippen molar-refractivity contribution in [2.45, 2.75) is 54.7 Å². The number of aromatic nitrogens is 6. The van der Waals surface area contributed by atoms with E-state index >= 15 is 0 Å². The highest BCUT2D eigenvalue weighted by molar-refractivity contribution is 7.99. The van der Waals surface area contributed by atoms with Crippen molar-refractivity contribution in [3.8, 4) is 0 Å². The zero-order chi connectivity index (χ0) is 23.7. The first kappa shape index (κ1) is 21.5. The summed E-state index contributed by atoms with van der Waals surface area (Å²) in [6, 6.07) is 1.84. The van der Waals surface area contributed by atoms with Crippen LogP contribution >= 0.6 is 23.4 Å². The standard InChI is InChI=1S/C24H25ClN8OS/c25-19-17(4-7-28-22(19)26)35-18-11-29-23(16-10-27-13-32(16)18)31-8-5-24(6-9-31)12-33-20(21(24)34)14-2-1-3-15(14)30-33/h4,7,10-11,13,21,34H,1-3,5-6,8-9,12H2,(H2,26,28). The highest BCUT2D eigenvalue weighted by atomic mass is 35.5. The molecule has 6 heterocycles. The van der Waals surface area contributed by atoms with Crippen LogP contribution in [-0.4, -0.2) is 47.3 Å². The van der Waals surface area contributed by atoms with Crippen molar-refractivity contribution in [1.82, 2.24) is 29.1 Å². The number of piperidine rings is 1. The van der Waals surface area contributed by atoms with Crippen molar-refractivity contribution in [3.05, 3.63) is 53.0 Å². The second-order valence-electron chi connectivity index (χ2n) is 9.75. The molecule has 4 aromatic heterocycles. The third kappa shape index (κ3) is 3.19. The van der Waals surface area contributed by atoms with E-state index in [0.29, 0.717) is 10.8 Å². The van der Waals surface area contributed by atoms with Crippen LogP contribution in [0.5, 0.6) is 0 Å². The number of aliphatic hydroxyl groups is 1. The number of aliphatic hydroxyl groups excluding tert-OH is 1. The molecule has 3 N–H and O–H groups in total. The Hall–Kier alpha value is -2.82. The number of halogens is 1. The summed E-state index contributed by atoms with van der Waals surface area (Å²) in [6.45, 7) is 2.47. The van der Waals surface area contributed by atoms with Gasteiger partial charge in [-0.3, -0.25) is 9.08 Å². The molecule has 7 rings (SSSR count). The molecule has 1 atom stereocenters. The number of aryl methyl sites for hydroxylation is 1. The van der Waals surface area contributed by atoms with Gasteiger partial charge in [0.05, 0.1) is 28.8 Å². The van der Waals surface area contributed by atoms with Gasteiger partial charge >= 0.3 is 0 Å². The monoisotopic (exact) mass is 508 g/mol. The van der Waals surface area contributed by atoms with Gasteiger partial charge in [0.2, 0.25) is 0 Å². The van der Waals surface area contributed by atoms with Gasteiger partial charge in [0.25, 0.3) is 0 Å². The van der Waals surface area contributed by atoms with Crippen molar-refractivity contribution in [2.75, 3.05) is 23.7 Å². The first-order valence-corrected chi connectivity index (χ1v) is 13.1. The number of fused-ring (bicyclic) bond motifs is 4. The fourth-order valence-electron chi connectivity index (χ4n) is 6.00. The van der Waals surface area contributed by atoms with Crippen LogP contribution in [0.1, 0.15) is 42.3 Å². The summed E-state index contributed by atoms with van der Waals surface area (Å²) in [5.41, 5.74) is 10.3. The molecule has 0 bridgehead atoms. The summed E-state index contributed by atoms with van der Waals surface area (Å²) in [6.07, 6.45) is 11.8. The highest BCUT2D eigenvalue weighted by Crippen LogP contribution is 2.51. The summed E-state index contributed by atoms with van der Waals surface area (Å²) in [7, 11) is 0. The Labute approximate surface area is 211 Å². The van der Waals surface area contributed by atoms with Gasteiger partial charge in [-0.15, -0.1) is 0 Å². The van der Waals surface area contributed by atoms with Gasteiger partial charge in [0.15, 0.2) is 5.82 Å². The number of anilines is 2. The molecule has 3 aliphatic rings. The van der Waals surface area contributed by atoms with E-state index in [4.69, 9.17) is 27.4 Å². The van der Waals surface area contributed by atoms with E-state index in [-0.39, 0.29) is 5.41 Å². The predicted octanol–water partition coefficient (Wildman–Crippen LogP) is 3.53. The molecule has 11 heteroatoms. The Morgan fingerprint density at radius 1 is 1.17 bits per heavy atom. The Bertz CT molecular complexity index is 1460. The lowest BCUT2D eigenvalue weighted by atomic mass is 9.74. The van der Waals surface area contributed by atoms with Crippen molar-refractivity contribution in [2.24, 2.45) is 5.41 Å². The first-order chi connectivity index (χ1) is 17.0. The number of imidazole rings is 1. The molecule has 1 fully saturated rings. The minimum atomic E-state index is -0.432. The third-order valence-corrected chi connectivity index (χ3v) is 9.46. The SMILES string of the molecule is Nc1nccc(Sc2cnc(N3CCC4(CC3)Cn3nc5c(c3C4O)CCC5)c3cncn23)c1Cl. The van der Waals surface area contributed by atoms with E-state index in [2.05, 4.69) is 19.5 Å². The molecule has 1 saturated heterocycles. The van der Waals surface area contributed by atoms with Crippen LogP contribution in [0.15, 0.2) is 40.9 Å². The largest absolute Gasteiger partial charge is 0.386 e. The van der Waals surface area contributed by atoms with Crippen LogP contribution in [-0.2, 0) is 19.4 Å². The van der Waals surface area contributed by atoms with Gasteiger partial charge in [-0.05, 0) is 43.7 Å². The summed E-state index contributed by atoms with van der Waals surface area (Å²) in [5.74, 6) is 1.22. The van der Waals surface area contributed by atoms with Crippen LogP contribution in [0.4, 0.5) is 11.6 Å². The van der Waals surface area contributed by atoms with Gasteiger partial charge in [-0.1, -0.05) is 23.4 Å². The molecule has 2 aliphatic heterocycles. The molecule has 4 aromatic rings. The molecule has 0 amide bonds. The minimum absolute atomic E-state index is 0.138. The molecule has 1 aliphatic carbocycles. The molecule has 0 radical (unpaired) electrons. The van der Waals surface area contributed by atoms with Crippen molar-refractivity contribution in [3.63, 3.8) is 0 Å². The summed E-state index contributed by atoms with van der Waals surface area (Å²) < 4.78 is 4.13. The molecular weight excluding hydrogens is 484 g/mol. The van der Waals surface area contributed by atoms with Crippen LogP contribution in [0.3, 0.4) is 0 Å². The Morgan fingerprint density at radius 2 is 2.03 bits per heavy atom. The van der Waals surface area contributed by atoms with Crippen molar-refractivity contribution >= 4 is 40.5 Å². The number of nitrogen functional groups attached to an aromatic ring is 1. The molecule has 0 aromatic carbocycles. The second kappa shape index (κ2) is 7.84. The molecular formula is C24H25ClN8OS. The molecule has 0 saturated carbocycles. The minimum Gasteiger partial charge on any atom is -0.386 e. The lowest BCUT2D eigenvalue weighted by Gasteiger charge is -2.41. The van der Waals surface area contributed by atoms with E-state index < -0.39 is 6.10 Å². The zero-order valence-corrected chi connectivity index (χ0v) is 20.6. The van der Waals surface area contributed by atoms with Crippen LogP contribution in [0.2, 0.25) is 5.02 Å². The molecule has 9 nitrogen and oxygen atoms in total. The Kier molecular flexibility index (Phi) is 4.81. The summed E-state index contributed by atoms with van der Waals surface area (Å²) in [4.78, 5) is 16.4. The highest BCUT2D eigenvalue weighted by Gasteiger charge is 2.50. The lowest BCUT2D eigenvalue weighted by molar-refractivity contribution is 0.0160. The average molecular weight is 509 g/mol. The molecule has 1 spiro atoms. The zero-order valence-electron chi connectivity index (χ0n) is 19.1. The van der Waals surface area contributed by atoms with Crippen molar-refractivity contribution in [1.29, 1.82) is 0 Å². The first-order valence-electron chi connectivity index (χ1n) is 11.9. The fourth-order valence-corrected chi connectivity index (χ4v) is 7.12. The number of hydrogen-bond acceptors (Lipinski definition) is 8. The number of nitrogens with zero attached hydrogens (tertiary/aromatic N) is 7. The van der Waals surface area contributed by atoms with E-state index in [0.717, 1.165) is 78.7 Å². The topological polar surface area (TPSA) is 110 Å². The van der Waals surface area contributed by atoms with E-state index in [1.165, 1.54) is 23.0 Å². The quantitative estimate of drug-likeness (QED) is 0.432. The Balaban J connectivity index is 1.13. The normalized spacial score (nSPS) is 20.6. The molecule has 35 heavy (non-hydrogen) atoms. The van der Waals surface area contributed by atoms with Gasteiger partial charge < -0.3 is 15.7 Å². The van der Waals surface area contributed by atoms with E-state index in [9.17, 15) is 5.11 Å². The Morgan fingerprint density at radius 3 is 2.89 bits per heavy atom. The van der Waals surface area contributed by atoms with Gasteiger partial charge in [0.1, 0.15) is 28.8 Å². The summed E-state index contributed by atoms with van der Waals surface area (Å²) in [5, 5.41) is 17.6. The maximum absolute atomic E-state index is 11.4. The molecule has 180 valence electrons. The van der Waals surface area contributed by atoms with Crippen LogP contribution in [0.25, 0.3) is 5.52 Å². The van der Waals surface area contributed by atoms with Gasteiger partial charge in [-0.2, -0.15) is 5.10 Å². The van der Waals surface area contributed by atoms with E-state index in [1.54, 1.807) is 12.5 Å². The predicted molar refractivity (Wildman–Crippen MR) is 134 cm³/mol. The smallest absolute Gasteiger partial charge is 0.154 e. The van der Waals surface area contributed by atoms with Gasteiger partial charge in [0, 0.05) is 36.1 Å². The fraction of sp³-hybridized carbons (Fsp3) is 0.417. The second-order valence-corrected chi connectivity index (χ2v) is 11.2. The number of nitrogens with two attached hydrogens (primary N) is 1. The average Bonchev–Trinajstić information content (AvgIpc) is 3.62. The van der Waals surface area contributed by atoms with Crippen LogP contribution in [0, 0.1) is 5.41 Å². The number of pyridine rings is 1. The van der Waals surface area contributed by atoms with E-state index in [1.807, 2.05) is 22.9 Å². The maximum Gasteiger partial charge on any atom is 0.154 e. The third-order valence-electron chi connectivity index (χ3n) is 7.88. The number of rotatable bonds is 3. The summed E-state index contributed by atoms with van der Waals surface area (Å²) >= 11 is 7.84. The lowest BCUT2D eigenvalue weighted by Crippen LogP contribution is -2.43. The maximum atomic E-state index is 11.4. The van der Waals surface area contributed by atoms with Crippen LogP contribution < -0.4 is 10.6 Å². The van der Waals surface area contributed by atoms with Gasteiger partial charge in [-0.25, -0.2) is 15.0 Å².